The standard InChI is InChI=1S/C14H21N3/c1-3-14-16-12-8-4-5-9-13(12)17(14)11-7-6-10-15-2/h4-5,8-9,15H,3,6-7,10-11H2,1-2H3. The third-order valence-electron chi connectivity index (χ3n) is 3.11. The third-order valence-corrected chi connectivity index (χ3v) is 3.11. The highest BCUT2D eigenvalue weighted by Crippen LogP contribution is 2.17. The summed E-state index contributed by atoms with van der Waals surface area (Å²) >= 11 is 0. The van der Waals surface area contributed by atoms with E-state index in [2.05, 4.69) is 46.1 Å². The number of nitrogens with one attached hydrogen (secondary N) is 1. The molecule has 0 atom stereocenters. The molecule has 0 spiro atoms. The van der Waals surface area contributed by atoms with Crippen LogP contribution in [0.5, 0.6) is 0 Å². The molecule has 17 heavy (non-hydrogen) atoms. The first-order valence-electron chi connectivity index (χ1n) is 6.45. The van der Waals surface area contributed by atoms with Gasteiger partial charge in [-0.15, -0.1) is 0 Å². The van der Waals surface area contributed by atoms with Crippen LogP contribution >= 0.6 is 0 Å². The fraction of sp³-hybridized carbons (Fsp3) is 0.500. The van der Waals surface area contributed by atoms with Gasteiger partial charge in [0.15, 0.2) is 0 Å². The second-order valence-electron chi connectivity index (χ2n) is 4.33. The lowest BCUT2D eigenvalue weighted by Gasteiger charge is -2.07. The van der Waals surface area contributed by atoms with Crippen molar-refractivity contribution in [2.45, 2.75) is 32.7 Å². The summed E-state index contributed by atoms with van der Waals surface area (Å²) in [5.74, 6) is 1.20. The van der Waals surface area contributed by atoms with Crippen LogP contribution in [0.15, 0.2) is 24.3 Å². The Labute approximate surface area is 103 Å². The molecule has 0 aliphatic rings. The maximum Gasteiger partial charge on any atom is 0.109 e. The topological polar surface area (TPSA) is 29.9 Å². The molecule has 2 rings (SSSR count). The van der Waals surface area contributed by atoms with Gasteiger partial charge in [-0.05, 0) is 38.6 Å². The van der Waals surface area contributed by atoms with Crippen LogP contribution in [-0.2, 0) is 13.0 Å². The van der Waals surface area contributed by atoms with Gasteiger partial charge in [-0.25, -0.2) is 4.98 Å². The summed E-state index contributed by atoms with van der Waals surface area (Å²) in [5, 5.41) is 3.19. The van der Waals surface area contributed by atoms with E-state index < -0.39 is 0 Å². The van der Waals surface area contributed by atoms with Crippen LogP contribution in [0.25, 0.3) is 11.0 Å². The maximum absolute atomic E-state index is 4.68. The van der Waals surface area contributed by atoms with Crippen molar-refractivity contribution >= 4 is 11.0 Å². The van der Waals surface area contributed by atoms with Crippen LogP contribution in [-0.4, -0.2) is 23.1 Å². The van der Waals surface area contributed by atoms with Gasteiger partial charge in [-0.2, -0.15) is 0 Å². The van der Waals surface area contributed by atoms with Crippen molar-refractivity contribution in [3.8, 4) is 0 Å². The summed E-state index contributed by atoms with van der Waals surface area (Å²) in [5.41, 5.74) is 2.40. The molecule has 0 aliphatic heterocycles. The Balaban J connectivity index is 2.18. The van der Waals surface area contributed by atoms with Gasteiger partial charge in [0.1, 0.15) is 5.82 Å². The lowest BCUT2D eigenvalue weighted by Crippen LogP contribution is -2.09. The van der Waals surface area contributed by atoms with Crippen LogP contribution in [0.4, 0.5) is 0 Å². The van der Waals surface area contributed by atoms with E-state index in [1.54, 1.807) is 0 Å². The number of para-hydroxylation sites is 2. The van der Waals surface area contributed by atoms with E-state index in [-0.39, 0.29) is 0 Å². The third kappa shape index (κ3) is 2.67. The normalized spacial score (nSPS) is 11.2. The zero-order chi connectivity index (χ0) is 12.1. The molecule has 0 unspecified atom stereocenters. The zero-order valence-corrected chi connectivity index (χ0v) is 10.7. The van der Waals surface area contributed by atoms with E-state index in [1.165, 1.54) is 24.2 Å². The van der Waals surface area contributed by atoms with Crippen molar-refractivity contribution in [2.24, 2.45) is 0 Å². The quantitative estimate of drug-likeness (QED) is 0.774. The van der Waals surface area contributed by atoms with E-state index in [0.29, 0.717) is 0 Å². The Bertz CT molecular complexity index is 473. The first-order chi connectivity index (χ1) is 8.36. The number of aryl methyl sites for hydroxylation is 2. The summed E-state index contributed by atoms with van der Waals surface area (Å²) in [6.45, 7) is 4.34. The molecule has 1 N–H and O–H groups in total. The fourth-order valence-electron chi connectivity index (χ4n) is 2.22. The first kappa shape index (κ1) is 12.1. The Morgan fingerprint density at radius 3 is 2.82 bits per heavy atom. The summed E-state index contributed by atoms with van der Waals surface area (Å²) in [6.07, 6.45) is 3.42. The van der Waals surface area contributed by atoms with Crippen molar-refractivity contribution in [1.82, 2.24) is 14.9 Å². The van der Waals surface area contributed by atoms with Gasteiger partial charge in [-0.1, -0.05) is 19.1 Å². The van der Waals surface area contributed by atoms with Crippen LogP contribution in [0.2, 0.25) is 0 Å². The molecule has 0 fully saturated rings. The van der Waals surface area contributed by atoms with Gasteiger partial charge in [0.05, 0.1) is 11.0 Å². The Hall–Kier alpha value is -1.35. The minimum absolute atomic E-state index is 1.00. The van der Waals surface area contributed by atoms with Gasteiger partial charge < -0.3 is 9.88 Å². The molecule has 1 heterocycles. The molecule has 0 saturated carbocycles. The minimum atomic E-state index is 1.00. The number of rotatable bonds is 6. The van der Waals surface area contributed by atoms with Gasteiger partial charge in [0.2, 0.25) is 0 Å². The van der Waals surface area contributed by atoms with Crippen LogP contribution in [0, 0.1) is 0 Å². The van der Waals surface area contributed by atoms with Crippen LogP contribution in [0.3, 0.4) is 0 Å². The molecule has 0 radical (unpaired) electrons. The van der Waals surface area contributed by atoms with Crippen molar-refractivity contribution < 1.29 is 0 Å². The number of aromatic nitrogens is 2. The molecule has 92 valence electrons. The average molecular weight is 231 g/mol. The average Bonchev–Trinajstić information content (AvgIpc) is 2.73. The van der Waals surface area contributed by atoms with Gasteiger partial charge >= 0.3 is 0 Å². The molecule has 1 aromatic heterocycles. The Morgan fingerprint density at radius 2 is 2.06 bits per heavy atom. The van der Waals surface area contributed by atoms with Crippen LogP contribution in [0.1, 0.15) is 25.6 Å². The van der Waals surface area contributed by atoms with Crippen molar-refractivity contribution in [3.05, 3.63) is 30.1 Å². The predicted octanol–water partition coefficient (Wildman–Crippen LogP) is 2.60. The molecular formula is C14H21N3. The van der Waals surface area contributed by atoms with Gasteiger partial charge in [-0.3, -0.25) is 0 Å². The highest BCUT2D eigenvalue weighted by molar-refractivity contribution is 5.75. The highest BCUT2D eigenvalue weighted by Gasteiger charge is 2.07. The number of imidazole rings is 1. The lowest BCUT2D eigenvalue weighted by atomic mass is 10.3. The highest BCUT2D eigenvalue weighted by atomic mass is 15.1. The van der Waals surface area contributed by atoms with E-state index in [0.717, 1.165) is 25.0 Å². The second kappa shape index (κ2) is 5.82. The summed E-state index contributed by atoms with van der Waals surface area (Å²) in [7, 11) is 2.00. The number of hydrogen-bond donors (Lipinski definition) is 1. The molecule has 2 aromatic rings. The molecule has 0 bridgehead atoms. The van der Waals surface area contributed by atoms with E-state index in [9.17, 15) is 0 Å². The zero-order valence-electron chi connectivity index (χ0n) is 10.7. The van der Waals surface area contributed by atoms with E-state index >= 15 is 0 Å². The van der Waals surface area contributed by atoms with Crippen LogP contribution < -0.4 is 5.32 Å². The van der Waals surface area contributed by atoms with Crippen molar-refractivity contribution in [2.75, 3.05) is 13.6 Å². The number of hydrogen-bond acceptors (Lipinski definition) is 2. The fourth-order valence-corrected chi connectivity index (χ4v) is 2.22. The molecule has 0 saturated heterocycles. The Kier molecular flexibility index (Phi) is 4.15. The number of nitrogens with zero attached hydrogens (tertiary/aromatic N) is 2. The van der Waals surface area contributed by atoms with Gasteiger partial charge in [0.25, 0.3) is 0 Å². The lowest BCUT2D eigenvalue weighted by molar-refractivity contribution is 0.584. The monoisotopic (exact) mass is 231 g/mol. The predicted molar refractivity (Wildman–Crippen MR) is 72.3 cm³/mol. The second-order valence-corrected chi connectivity index (χ2v) is 4.33. The SMILES string of the molecule is CCc1nc2ccccc2n1CCCCNC. The first-order valence-corrected chi connectivity index (χ1v) is 6.45. The molecule has 0 aliphatic carbocycles. The molecule has 1 aromatic carbocycles. The largest absolute Gasteiger partial charge is 0.328 e. The summed E-state index contributed by atoms with van der Waals surface area (Å²) in [4.78, 5) is 4.68. The molecular weight excluding hydrogens is 210 g/mol. The molecule has 0 amide bonds. The van der Waals surface area contributed by atoms with E-state index in [4.69, 9.17) is 0 Å². The minimum Gasteiger partial charge on any atom is -0.328 e. The molecule has 3 nitrogen and oxygen atoms in total. The van der Waals surface area contributed by atoms with E-state index in [1.807, 2.05) is 7.05 Å². The molecule has 3 heteroatoms. The number of fused-ring (bicyclic) bond motifs is 1. The Morgan fingerprint density at radius 1 is 1.24 bits per heavy atom. The maximum atomic E-state index is 4.68. The number of unbranched alkanes of at least 4 members (excludes halogenated alkanes) is 1. The summed E-state index contributed by atoms with van der Waals surface area (Å²) in [6, 6.07) is 8.41. The smallest absolute Gasteiger partial charge is 0.109 e. The van der Waals surface area contributed by atoms with Crippen molar-refractivity contribution in [3.63, 3.8) is 0 Å². The number of benzene rings is 1. The van der Waals surface area contributed by atoms with Gasteiger partial charge in [0, 0.05) is 13.0 Å². The summed E-state index contributed by atoms with van der Waals surface area (Å²) < 4.78 is 2.37. The van der Waals surface area contributed by atoms with Crippen molar-refractivity contribution in [1.29, 1.82) is 0 Å².